The van der Waals surface area contributed by atoms with Crippen LogP contribution in [0.3, 0.4) is 0 Å². The van der Waals surface area contributed by atoms with Gasteiger partial charge >= 0.3 is 0 Å². The standard InChI is InChI=1S/C7H9N5O.2ClH/c1-4(8)5-10-11-6-7(13)9-2-3-12(5)6;;/h2-4H,8H2,1H3,(H,9,13);2*1H. The van der Waals surface area contributed by atoms with E-state index >= 15 is 0 Å². The SMILES string of the molecule is CC(N)c1nnc2c(=O)[nH]ccn12.Cl.Cl. The first kappa shape index (κ1) is 13.9. The maximum atomic E-state index is 11.2. The van der Waals surface area contributed by atoms with Crippen molar-refractivity contribution in [1.29, 1.82) is 0 Å². The van der Waals surface area contributed by atoms with Crippen molar-refractivity contribution in [2.45, 2.75) is 13.0 Å². The molecule has 0 amide bonds. The molecule has 0 fully saturated rings. The Morgan fingerprint density at radius 1 is 1.47 bits per heavy atom. The summed E-state index contributed by atoms with van der Waals surface area (Å²) in [5.41, 5.74) is 5.65. The quantitative estimate of drug-likeness (QED) is 0.762. The molecule has 3 N–H and O–H groups in total. The predicted molar refractivity (Wildman–Crippen MR) is 60.7 cm³/mol. The summed E-state index contributed by atoms with van der Waals surface area (Å²) >= 11 is 0. The van der Waals surface area contributed by atoms with Crippen LogP contribution in [0, 0.1) is 0 Å². The minimum Gasteiger partial charge on any atom is -0.324 e. The third-order valence-corrected chi connectivity index (χ3v) is 1.77. The number of fused-ring (bicyclic) bond motifs is 1. The van der Waals surface area contributed by atoms with Crippen LogP contribution in [0.4, 0.5) is 0 Å². The third kappa shape index (κ3) is 2.28. The lowest BCUT2D eigenvalue weighted by molar-refractivity contribution is 0.725. The van der Waals surface area contributed by atoms with Crippen molar-refractivity contribution in [3.8, 4) is 0 Å². The van der Waals surface area contributed by atoms with Gasteiger partial charge in [0.1, 0.15) is 0 Å². The zero-order chi connectivity index (χ0) is 9.42. The van der Waals surface area contributed by atoms with Gasteiger partial charge in [-0.25, -0.2) is 0 Å². The maximum Gasteiger partial charge on any atom is 0.293 e. The van der Waals surface area contributed by atoms with E-state index < -0.39 is 0 Å². The summed E-state index contributed by atoms with van der Waals surface area (Å²) in [7, 11) is 0. The second-order valence-electron chi connectivity index (χ2n) is 2.83. The van der Waals surface area contributed by atoms with Crippen LogP contribution in [0.25, 0.3) is 5.65 Å². The Morgan fingerprint density at radius 3 is 2.73 bits per heavy atom. The minimum absolute atomic E-state index is 0. The number of H-pyrrole nitrogens is 1. The molecule has 0 spiro atoms. The van der Waals surface area contributed by atoms with Crippen molar-refractivity contribution in [2.24, 2.45) is 5.73 Å². The van der Waals surface area contributed by atoms with Gasteiger partial charge in [0.15, 0.2) is 5.82 Å². The number of aromatic amines is 1. The van der Waals surface area contributed by atoms with Crippen LogP contribution < -0.4 is 11.3 Å². The molecule has 2 rings (SSSR count). The van der Waals surface area contributed by atoms with Gasteiger partial charge < -0.3 is 10.7 Å². The van der Waals surface area contributed by atoms with Crippen LogP contribution in [-0.4, -0.2) is 19.6 Å². The van der Waals surface area contributed by atoms with E-state index in [-0.39, 0.29) is 42.1 Å². The van der Waals surface area contributed by atoms with Crippen molar-refractivity contribution in [1.82, 2.24) is 19.6 Å². The van der Waals surface area contributed by atoms with E-state index in [4.69, 9.17) is 5.73 Å². The Morgan fingerprint density at radius 2 is 2.13 bits per heavy atom. The van der Waals surface area contributed by atoms with Gasteiger partial charge in [-0.2, -0.15) is 0 Å². The highest BCUT2D eigenvalue weighted by Gasteiger charge is 2.10. The molecular weight excluding hydrogens is 241 g/mol. The fourth-order valence-corrected chi connectivity index (χ4v) is 1.17. The number of nitrogens with one attached hydrogen (secondary N) is 1. The number of nitrogens with zero attached hydrogens (tertiary/aromatic N) is 3. The van der Waals surface area contributed by atoms with Gasteiger partial charge in [-0.1, -0.05) is 0 Å². The number of aromatic nitrogens is 4. The lowest BCUT2D eigenvalue weighted by Crippen LogP contribution is -2.13. The highest BCUT2D eigenvalue weighted by atomic mass is 35.5. The van der Waals surface area contributed by atoms with Gasteiger partial charge in [0.25, 0.3) is 5.56 Å². The molecule has 0 aliphatic heterocycles. The number of halogens is 2. The largest absolute Gasteiger partial charge is 0.324 e. The van der Waals surface area contributed by atoms with Gasteiger partial charge in [0.2, 0.25) is 5.65 Å². The fraction of sp³-hybridized carbons (Fsp3) is 0.286. The topological polar surface area (TPSA) is 89.1 Å². The van der Waals surface area contributed by atoms with Gasteiger partial charge in [0, 0.05) is 12.4 Å². The molecule has 1 atom stereocenters. The summed E-state index contributed by atoms with van der Waals surface area (Å²) in [6, 6.07) is -0.239. The first-order valence-electron chi connectivity index (χ1n) is 3.88. The van der Waals surface area contributed by atoms with Crippen LogP contribution >= 0.6 is 24.8 Å². The molecule has 6 nitrogen and oxygen atoms in total. The summed E-state index contributed by atoms with van der Waals surface area (Å²) in [6.07, 6.45) is 3.21. The molecule has 0 bridgehead atoms. The lowest BCUT2D eigenvalue weighted by Gasteiger charge is -2.00. The van der Waals surface area contributed by atoms with Gasteiger partial charge in [0.05, 0.1) is 6.04 Å². The average Bonchev–Trinajstić information content (AvgIpc) is 2.48. The van der Waals surface area contributed by atoms with Crippen LogP contribution in [-0.2, 0) is 0 Å². The highest BCUT2D eigenvalue weighted by molar-refractivity contribution is 5.85. The summed E-state index contributed by atoms with van der Waals surface area (Å²) in [6.45, 7) is 1.79. The van der Waals surface area contributed by atoms with Crippen LogP contribution in [0.5, 0.6) is 0 Å². The van der Waals surface area contributed by atoms with Crippen LogP contribution in [0.2, 0.25) is 0 Å². The van der Waals surface area contributed by atoms with Crippen LogP contribution in [0.15, 0.2) is 17.2 Å². The van der Waals surface area contributed by atoms with E-state index in [2.05, 4.69) is 15.2 Å². The van der Waals surface area contributed by atoms with Crippen molar-refractivity contribution in [3.05, 3.63) is 28.6 Å². The molecule has 84 valence electrons. The van der Waals surface area contributed by atoms with Crippen LogP contribution in [0.1, 0.15) is 18.8 Å². The Hall–Kier alpha value is -1.11. The van der Waals surface area contributed by atoms with E-state index in [0.29, 0.717) is 5.82 Å². The van der Waals surface area contributed by atoms with Gasteiger partial charge in [-0.05, 0) is 6.92 Å². The monoisotopic (exact) mass is 251 g/mol. The Kier molecular flexibility index (Phi) is 4.73. The molecule has 8 heteroatoms. The Bertz CT molecular complexity index is 491. The van der Waals surface area contributed by atoms with E-state index in [9.17, 15) is 4.79 Å². The second kappa shape index (κ2) is 5.11. The minimum atomic E-state index is -0.262. The van der Waals surface area contributed by atoms with Crippen molar-refractivity contribution in [3.63, 3.8) is 0 Å². The van der Waals surface area contributed by atoms with E-state index in [1.165, 1.54) is 6.20 Å². The third-order valence-electron chi connectivity index (χ3n) is 1.77. The van der Waals surface area contributed by atoms with Crippen molar-refractivity contribution < 1.29 is 0 Å². The normalized spacial score (nSPS) is 11.6. The molecule has 0 aliphatic rings. The summed E-state index contributed by atoms with van der Waals surface area (Å²) < 4.78 is 1.59. The van der Waals surface area contributed by atoms with Gasteiger partial charge in [-0.3, -0.25) is 9.20 Å². The highest BCUT2D eigenvalue weighted by Crippen LogP contribution is 2.05. The van der Waals surface area contributed by atoms with E-state index in [1.807, 2.05) is 0 Å². The number of hydrogen-bond donors (Lipinski definition) is 2. The molecule has 1 unspecified atom stereocenters. The molecule has 2 aromatic heterocycles. The summed E-state index contributed by atoms with van der Waals surface area (Å²) in [4.78, 5) is 13.7. The maximum absolute atomic E-state index is 11.2. The Labute approximate surface area is 97.7 Å². The molecular formula is C7H11Cl2N5O. The first-order valence-corrected chi connectivity index (χ1v) is 3.88. The molecule has 0 saturated carbocycles. The molecule has 2 heterocycles. The van der Waals surface area contributed by atoms with Crippen molar-refractivity contribution >= 4 is 30.5 Å². The number of hydrogen-bond acceptors (Lipinski definition) is 4. The molecule has 0 saturated heterocycles. The predicted octanol–water partition coefficient (Wildman–Crippen LogP) is 0.281. The summed E-state index contributed by atoms with van der Waals surface area (Å²) in [5.74, 6) is 0.584. The smallest absolute Gasteiger partial charge is 0.293 e. The molecule has 0 aromatic carbocycles. The zero-order valence-electron chi connectivity index (χ0n) is 7.88. The summed E-state index contributed by atoms with van der Waals surface area (Å²) in [5, 5.41) is 7.55. The first-order chi connectivity index (χ1) is 6.20. The molecule has 15 heavy (non-hydrogen) atoms. The average molecular weight is 252 g/mol. The number of nitrogens with two attached hydrogens (primary N) is 1. The van der Waals surface area contributed by atoms with E-state index in [1.54, 1.807) is 17.5 Å². The fourth-order valence-electron chi connectivity index (χ4n) is 1.17. The van der Waals surface area contributed by atoms with E-state index in [0.717, 1.165) is 0 Å². The van der Waals surface area contributed by atoms with Gasteiger partial charge in [-0.15, -0.1) is 35.0 Å². The Balaban J connectivity index is 0.000000980. The van der Waals surface area contributed by atoms with Crippen molar-refractivity contribution in [2.75, 3.05) is 0 Å². The molecule has 2 aromatic rings. The molecule has 0 radical (unpaired) electrons. The second-order valence-corrected chi connectivity index (χ2v) is 2.83. The zero-order valence-corrected chi connectivity index (χ0v) is 9.51. The lowest BCUT2D eigenvalue weighted by atomic mass is 10.3. The number of rotatable bonds is 1. The molecule has 0 aliphatic carbocycles.